The van der Waals surface area contributed by atoms with Crippen LogP contribution < -0.4 is 4.90 Å². The van der Waals surface area contributed by atoms with Gasteiger partial charge in [-0.15, -0.1) is 11.3 Å². The smallest absolute Gasteiger partial charge is 0.265 e. The van der Waals surface area contributed by atoms with Crippen LogP contribution in [0.4, 0.5) is 5.69 Å². The highest BCUT2D eigenvalue weighted by atomic mass is 32.1. The third-order valence-corrected chi connectivity index (χ3v) is 7.77. The number of piperidine rings is 1. The van der Waals surface area contributed by atoms with Crippen LogP contribution in [0.5, 0.6) is 0 Å². The third-order valence-electron chi connectivity index (χ3n) is 6.83. The van der Waals surface area contributed by atoms with Gasteiger partial charge in [0.15, 0.2) is 11.5 Å². The first-order valence-electron chi connectivity index (χ1n) is 10.3. The minimum atomic E-state index is -1.93. The Kier molecular flexibility index (Phi) is 4.43. The van der Waals surface area contributed by atoms with Crippen LogP contribution in [0.2, 0.25) is 0 Å². The van der Waals surface area contributed by atoms with Gasteiger partial charge in [0.1, 0.15) is 11.8 Å². The molecule has 3 aliphatic rings. The Bertz CT molecular complexity index is 1080. The van der Waals surface area contributed by atoms with Crippen molar-refractivity contribution in [3.05, 3.63) is 52.7 Å². The zero-order chi connectivity index (χ0) is 22.0. The Balaban J connectivity index is 1.57. The molecule has 0 radical (unpaired) electrons. The van der Waals surface area contributed by atoms with Crippen LogP contribution in [0.1, 0.15) is 24.6 Å². The van der Waals surface area contributed by atoms with Gasteiger partial charge in [0.2, 0.25) is 17.4 Å². The molecule has 31 heavy (non-hydrogen) atoms. The van der Waals surface area contributed by atoms with E-state index in [1.165, 1.54) is 16.7 Å². The van der Waals surface area contributed by atoms with Crippen molar-refractivity contribution in [2.75, 3.05) is 11.9 Å². The fourth-order valence-corrected chi connectivity index (χ4v) is 6.18. The quantitative estimate of drug-likeness (QED) is 0.511. The summed E-state index contributed by atoms with van der Waals surface area (Å²) in [6, 6.07) is 12.6. The zero-order valence-electron chi connectivity index (χ0n) is 17.2. The molecule has 160 valence electrons. The predicted octanol–water partition coefficient (Wildman–Crippen LogP) is 2.40. The van der Waals surface area contributed by atoms with Crippen molar-refractivity contribution >= 4 is 40.5 Å². The number of likely N-dealkylation sites (tertiary alicyclic amines) is 1. The number of thiophene rings is 1. The highest BCUT2D eigenvalue weighted by molar-refractivity contribution is 7.09. The van der Waals surface area contributed by atoms with Crippen molar-refractivity contribution in [1.82, 2.24) is 4.90 Å². The molecule has 8 heteroatoms. The van der Waals surface area contributed by atoms with Crippen molar-refractivity contribution in [1.29, 1.82) is 0 Å². The fourth-order valence-electron chi connectivity index (χ4n) is 5.43. The molecule has 2 aromatic rings. The maximum atomic E-state index is 13.6. The largest absolute Gasteiger partial charge is 0.330 e. The van der Waals surface area contributed by atoms with Gasteiger partial charge >= 0.3 is 0 Å². The number of rotatable bonds is 6. The molecule has 1 aromatic carbocycles. The summed E-state index contributed by atoms with van der Waals surface area (Å²) in [6.45, 7) is 1.26. The molecule has 2 bridgehead atoms. The van der Waals surface area contributed by atoms with Crippen LogP contribution >= 0.6 is 11.3 Å². The summed E-state index contributed by atoms with van der Waals surface area (Å²) in [4.78, 5) is 56.8. The number of fused-ring (bicyclic) bond motifs is 5. The number of carbonyl (C=O) groups excluding carboxylic acids is 4. The molecule has 4 atom stereocenters. The van der Waals surface area contributed by atoms with Gasteiger partial charge in [0.25, 0.3) is 5.91 Å². The summed E-state index contributed by atoms with van der Waals surface area (Å²) in [7, 11) is 1.57. The van der Waals surface area contributed by atoms with E-state index >= 15 is 0 Å². The van der Waals surface area contributed by atoms with E-state index in [2.05, 4.69) is 0 Å². The molecule has 5 rings (SSSR count). The third kappa shape index (κ3) is 2.49. The second-order valence-electron chi connectivity index (χ2n) is 8.34. The lowest BCUT2D eigenvalue weighted by molar-refractivity contribution is -0.155. The molecule has 0 aliphatic carbocycles. The Labute approximate surface area is 183 Å². The normalized spacial score (nSPS) is 31.6. The van der Waals surface area contributed by atoms with E-state index < -0.39 is 46.7 Å². The number of amides is 3. The second-order valence-corrected chi connectivity index (χ2v) is 9.37. The molecule has 4 unspecified atom stereocenters. The average Bonchev–Trinajstić information content (AvgIpc) is 3.48. The number of carbonyl (C=O) groups is 4. The van der Waals surface area contributed by atoms with E-state index in [0.29, 0.717) is 18.5 Å². The van der Waals surface area contributed by atoms with Crippen LogP contribution in [-0.4, -0.2) is 46.8 Å². The zero-order valence-corrected chi connectivity index (χ0v) is 18.1. The first-order valence-corrected chi connectivity index (χ1v) is 11.2. The average molecular weight is 439 g/mol. The lowest BCUT2D eigenvalue weighted by atomic mass is 9.71. The summed E-state index contributed by atoms with van der Waals surface area (Å²) in [5.41, 5.74) is -2.80. The Morgan fingerprint density at radius 1 is 1.06 bits per heavy atom. The van der Waals surface area contributed by atoms with Gasteiger partial charge in [-0.2, -0.15) is 0 Å². The van der Waals surface area contributed by atoms with Crippen molar-refractivity contribution < 1.29 is 23.9 Å². The van der Waals surface area contributed by atoms with Gasteiger partial charge in [0, 0.05) is 11.9 Å². The molecule has 4 heterocycles. The molecular weight excluding hydrogens is 416 g/mol. The Hall–Kier alpha value is -2.84. The van der Waals surface area contributed by atoms with E-state index in [-0.39, 0.29) is 0 Å². The SMILES string of the molecule is CC(=O)C12OC(CCCc3cccs3)(C3C(=O)N(c4ccccc4)C(=O)C31)N(C)C2=O. The number of aryl methyl sites for hydroxylation is 1. The van der Waals surface area contributed by atoms with Crippen LogP contribution in [0.3, 0.4) is 0 Å². The van der Waals surface area contributed by atoms with Crippen molar-refractivity contribution in [3.8, 4) is 0 Å². The monoisotopic (exact) mass is 438 g/mol. The molecule has 0 spiro atoms. The lowest BCUT2D eigenvalue weighted by Gasteiger charge is -2.38. The minimum absolute atomic E-state index is 0.366. The summed E-state index contributed by atoms with van der Waals surface area (Å²) in [6.07, 6.45) is 1.78. The Morgan fingerprint density at radius 3 is 2.42 bits per heavy atom. The maximum absolute atomic E-state index is 13.6. The number of imide groups is 1. The second kappa shape index (κ2) is 6.83. The van der Waals surface area contributed by atoms with Gasteiger partial charge in [-0.25, -0.2) is 4.90 Å². The van der Waals surface area contributed by atoms with E-state index in [1.54, 1.807) is 48.7 Å². The molecule has 0 saturated carbocycles. The summed E-state index contributed by atoms with van der Waals surface area (Å²) in [5, 5.41) is 2.00. The summed E-state index contributed by atoms with van der Waals surface area (Å²) >= 11 is 1.64. The number of hydrogen-bond acceptors (Lipinski definition) is 6. The highest BCUT2D eigenvalue weighted by Crippen LogP contribution is 2.61. The van der Waals surface area contributed by atoms with Crippen LogP contribution in [0.25, 0.3) is 0 Å². The number of ether oxygens (including phenoxy) is 1. The molecule has 0 N–H and O–H groups in total. The van der Waals surface area contributed by atoms with Gasteiger partial charge in [-0.3, -0.25) is 19.2 Å². The molecule has 3 saturated heterocycles. The van der Waals surface area contributed by atoms with Crippen molar-refractivity contribution in [2.24, 2.45) is 11.8 Å². The molecular formula is C23H22N2O5S. The summed E-state index contributed by atoms with van der Waals surface area (Å²) in [5.74, 6) is -4.07. The first kappa shape index (κ1) is 20.1. The van der Waals surface area contributed by atoms with Crippen LogP contribution in [0, 0.1) is 11.8 Å². The van der Waals surface area contributed by atoms with E-state index in [0.717, 1.165) is 11.3 Å². The van der Waals surface area contributed by atoms with Crippen LogP contribution in [-0.2, 0) is 30.3 Å². The number of benzene rings is 1. The van der Waals surface area contributed by atoms with E-state index in [9.17, 15) is 19.2 Å². The van der Waals surface area contributed by atoms with Crippen LogP contribution in [0.15, 0.2) is 47.8 Å². The number of para-hydroxylation sites is 1. The number of ketones is 1. The number of anilines is 1. The lowest BCUT2D eigenvalue weighted by Crippen LogP contribution is -2.60. The Morgan fingerprint density at radius 2 is 1.77 bits per heavy atom. The number of nitrogens with zero attached hydrogens (tertiary/aromatic N) is 2. The topological polar surface area (TPSA) is 84.0 Å². The molecule has 7 nitrogen and oxygen atoms in total. The minimum Gasteiger partial charge on any atom is -0.330 e. The summed E-state index contributed by atoms with van der Waals surface area (Å²) < 4.78 is 6.21. The highest BCUT2D eigenvalue weighted by Gasteiger charge is 2.83. The fraction of sp³-hybridized carbons (Fsp3) is 0.391. The van der Waals surface area contributed by atoms with Gasteiger partial charge in [0.05, 0.1) is 5.69 Å². The van der Waals surface area contributed by atoms with Gasteiger partial charge in [-0.05, 0) is 49.8 Å². The number of Topliss-reactive ketones (excluding diaryl/α,β-unsaturated/α-hetero) is 1. The first-order chi connectivity index (χ1) is 14.8. The maximum Gasteiger partial charge on any atom is 0.265 e. The standard InChI is InChI=1S/C23H22N2O5S/c1-14(26)23-18-17(19(27)25(20(18)28)15-8-4-3-5-9-15)22(30-23,24(2)21(23)29)12-6-10-16-11-7-13-31-16/h3-5,7-9,11,13,17-18H,6,10,12H2,1-2H3. The van der Waals surface area contributed by atoms with E-state index in [1.807, 2.05) is 17.5 Å². The van der Waals surface area contributed by atoms with Gasteiger partial charge < -0.3 is 9.64 Å². The number of hydrogen-bond donors (Lipinski definition) is 0. The predicted molar refractivity (Wildman–Crippen MR) is 113 cm³/mol. The molecule has 1 aromatic heterocycles. The molecule has 3 aliphatic heterocycles. The van der Waals surface area contributed by atoms with E-state index in [4.69, 9.17) is 4.74 Å². The van der Waals surface area contributed by atoms with Crippen molar-refractivity contribution in [2.45, 2.75) is 37.5 Å². The molecule has 3 fully saturated rings. The van der Waals surface area contributed by atoms with Crippen molar-refractivity contribution in [3.63, 3.8) is 0 Å². The molecule has 3 amide bonds. The van der Waals surface area contributed by atoms with Gasteiger partial charge in [-0.1, -0.05) is 24.3 Å². The number of likely N-dealkylation sites (N-methyl/N-ethyl adjacent to an activating group) is 1.